The normalized spacial score (nSPS) is 10.4. The van der Waals surface area contributed by atoms with Crippen LogP contribution in [0.1, 0.15) is 17.0 Å². The number of rotatable bonds is 5. The first kappa shape index (κ1) is 13.1. The molecule has 0 unspecified atom stereocenters. The quantitative estimate of drug-likeness (QED) is 0.632. The van der Waals surface area contributed by atoms with Crippen molar-refractivity contribution in [3.63, 3.8) is 0 Å². The number of aromatic nitrogens is 2. The van der Waals surface area contributed by atoms with Gasteiger partial charge in [0, 0.05) is 31.4 Å². The van der Waals surface area contributed by atoms with Crippen molar-refractivity contribution in [1.29, 1.82) is 5.41 Å². The Morgan fingerprint density at radius 2 is 2.26 bits per heavy atom. The molecule has 0 spiro atoms. The van der Waals surface area contributed by atoms with Gasteiger partial charge in [0.25, 0.3) is 0 Å². The average molecular weight is 258 g/mol. The molecule has 0 aliphatic rings. The van der Waals surface area contributed by atoms with Gasteiger partial charge in [0.1, 0.15) is 17.4 Å². The van der Waals surface area contributed by atoms with Crippen LogP contribution >= 0.6 is 0 Å². The van der Waals surface area contributed by atoms with Crippen LogP contribution in [0, 0.1) is 12.3 Å². The summed E-state index contributed by atoms with van der Waals surface area (Å²) in [6, 6.07) is 5.53. The summed E-state index contributed by atoms with van der Waals surface area (Å²) >= 11 is 0. The number of amidine groups is 1. The van der Waals surface area contributed by atoms with E-state index < -0.39 is 0 Å². The molecule has 0 aliphatic carbocycles. The van der Waals surface area contributed by atoms with Crippen LogP contribution in [0.2, 0.25) is 0 Å². The fourth-order valence-electron chi connectivity index (χ4n) is 1.81. The van der Waals surface area contributed by atoms with Crippen molar-refractivity contribution in [2.75, 3.05) is 6.61 Å². The second kappa shape index (κ2) is 5.56. The summed E-state index contributed by atoms with van der Waals surface area (Å²) in [6.07, 6.45) is 4.43. The molecule has 2 aromatic rings. The van der Waals surface area contributed by atoms with Gasteiger partial charge in [-0.3, -0.25) is 5.41 Å². The second-order valence-electron chi connectivity index (χ2n) is 4.45. The van der Waals surface area contributed by atoms with Gasteiger partial charge in [-0.15, -0.1) is 0 Å². The number of nitrogens with one attached hydrogen (secondary N) is 1. The van der Waals surface area contributed by atoms with E-state index in [1.165, 1.54) is 0 Å². The maximum atomic E-state index is 7.43. The zero-order chi connectivity index (χ0) is 13.8. The molecule has 2 rings (SSSR count). The predicted octanol–water partition coefficient (Wildman–Crippen LogP) is 1.63. The lowest BCUT2D eigenvalue weighted by Gasteiger charge is -2.10. The zero-order valence-corrected chi connectivity index (χ0v) is 11.2. The Hall–Kier alpha value is -2.30. The summed E-state index contributed by atoms with van der Waals surface area (Å²) in [5.41, 5.74) is 7.18. The van der Waals surface area contributed by atoms with E-state index in [1.54, 1.807) is 12.3 Å². The summed E-state index contributed by atoms with van der Waals surface area (Å²) in [4.78, 5) is 4.24. The van der Waals surface area contributed by atoms with Crippen LogP contribution < -0.4 is 10.5 Å². The van der Waals surface area contributed by atoms with Gasteiger partial charge in [-0.25, -0.2) is 4.98 Å². The zero-order valence-electron chi connectivity index (χ0n) is 11.2. The first-order chi connectivity index (χ1) is 9.08. The Kier molecular flexibility index (Phi) is 3.85. The number of nitrogen functional groups attached to an aromatic ring is 1. The van der Waals surface area contributed by atoms with E-state index in [-0.39, 0.29) is 5.84 Å². The number of aryl methyl sites for hydroxylation is 2. The molecule has 1 heterocycles. The van der Waals surface area contributed by atoms with Crippen LogP contribution in [0.4, 0.5) is 0 Å². The molecule has 0 saturated heterocycles. The summed E-state index contributed by atoms with van der Waals surface area (Å²) in [6.45, 7) is 2.52. The highest BCUT2D eigenvalue weighted by atomic mass is 16.5. The molecule has 1 aromatic carbocycles. The van der Waals surface area contributed by atoms with Gasteiger partial charge < -0.3 is 15.0 Å². The molecule has 3 N–H and O–H groups in total. The Balaban J connectivity index is 2.01. The highest BCUT2D eigenvalue weighted by molar-refractivity contribution is 5.95. The van der Waals surface area contributed by atoms with E-state index in [0.717, 1.165) is 23.6 Å². The first-order valence-electron chi connectivity index (χ1n) is 6.12. The van der Waals surface area contributed by atoms with Crippen LogP contribution in [-0.4, -0.2) is 22.0 Å². The molecule has 0 bridgehead atoms. The van der Waals surface area contributed by atoms with Crippen molar-refractivity contribution in [3.05, 3.63) is 47.5 Å². The average Bonchev–Trinajstić information content (AvgIpc) is 2.77. The summed E-state index contributed by atoms with van der Waals surface area (Å²) in [5.74, 6) is 1.80. The largest absolute Gasteiger partial charge is 0.493 e. The van der Waals surface area contributed by atoms with Crippen LogP contribution in [0.15, 0.2) is 30.6 Å². The highest BCUT2D eigenvalue weighted by Crippen LogP contribution is 2.19. The van der Waals surface area contributed by atoms with Crippen LogP contribution in [-0.2, 0) is 13.5 Å². The van der Waals surface area contributed by atoms with Crippen molar-refractivity contribution >= 4 is 5.84 Å². The minimum atomic E-state index is 0.0500. The Labute approximate surface area is 112 Å². The number of nitrogens with zero attached hydrogens (tertiary/aromatic N) is 2. The molecule has 5 heteroatoms. The Morgan fingerprint density at radius 3 is 2.89 bits per heavy atom. The first-order valence-corrected chi connectivity index (χ1v) is 6.12. The van der Waals surface area contributed by atoms with Gasteiger partial charge in [0.2, 0.25) is 0 Å². The second-order valence-corrected chi connectivity index (χ2v) is 4.45. The molecule has 0 radical (unpaired) electrons. The molecule has 19 heavy (non-hydrogen) atoms. The third-order valence-corrected chi connectivity index (χ3v) is 3.00. The standard InChI is InChI=1S/C14H18N4O/c1-10-3-4-11(14(15)16)9-12(10)19-8-5-13-17-6-7-18(13)2/h3-4,6-7,9H,5,8H2,1-2H3,(H3,15,16). The van der Waals surface area contributed by atoms with Crippen molar-refractivity contribution in [3.8, 4) is 5.75 Å². The van der Waals surface area contributed by atoms with Crippen molar-refractivity contribution in [1.82, 2.24) is 9.55 Å². The van der Waals surface area contributed by atoms with Crippen LogP contribution in [0.5, 0.6) is 5.75 Å². The van der Waals surface area contributed by atoms with E-state index >= 15 is 0 Å². The minimum absolute atomic E-state index is 0.0500. The number of benzene rings is 1. The Morgan fingerprint density at radius 1 is 1.47 bits per heavy atom. The summed E-state index contributed by atoms with van der Waals surface area (Å²) in [5, 5.41) is 7.43. The fourth-order valence-corrected chi connectivity index (χ4v) is 1.81. The van der Waals surface area contributed by atoms with Crippen molar-refractivity contribution in [2.45, 2.75) is 13.3 Å². The van der Waals surface area contributed by atoms with Gasteiger partial charge >= 0.3 is 0 Å². The third kappa shape index (κ3) is 3.13. The van der Waals surface area contributed by atoms with E-state index in [9.17, 15) is 0 Å². The number of imidazole rings is 1. The lowest BCUT2D eigenvalue weighted by molar-refractivity contribution is 0.315. The molecule has 100 valence electrons. The molecular formula is C14H18N4O. The number of nitrogens with two attached hydrogens (primary N) is 1. The molecule has 1 aromatic heterocycles. The maximum absolute atomic E-state index is 7.43. The van der Waals surface area contributed by atoms with Gasteiger partial charge in [0.05, 0.1) is 6.61 Å². The van der Waals surface area contributed by atoms with Gasteiger partial charge in [-0.1, -0.05) is 12.1 Å². The summed E-state index contributed by atoms with van der Waals surface area (Å²) < 4.78 is 7.72. The number of hydrogen-bond acceptors (Lipinski definition) is 3. The molecule has 5 nitrogen and oxygen atoms in total. The van der Waals surface area contributed by atoms with E-state index in [0.29, 0.717) is 12.2 Å². The van der Waals surface area contributed by atoms with Gasteiger partial charge in [0.15, 0.2) is 0 Å². The molecule has 0 amide bonds. The van der Waals surface area contributed by atoms with Crippen LogP contribution in [0.25, 0.3) is 0 Å². The van der Waals surface area contributed by atoms with E-state index in [1.807, 2.05) is 36.9 Å². The molecular weight excluding hydrogens is 240 g/mol. The molecule has 0 aliphatic heterocycles. The molecule has 0 atom stereocenters. The smallest absolute Gasteiger partial charge is 0.122 e. The lowest BCUT2D eigenvalue weighted by atomic mass is 10.1. The maximum Gasteiger partial charge on any atom is 0.122 e. The molecule has 0 fully saturated rings. The van der Waals surface area contributed by atoms with E-state index in [4.69, 9.17) is 15.9 Å². The van der Waals surface area contributed by atoms with Gasteiger partial charge in [-0.2, -0.15) is 0 Å². The topological polar surface area (TPSA) is 76.9 Å². The van der Waals surface area contributed by atoms with Crippen molar-refractivity contribution in [2.24, 2.45) is 12.8 Å². The van der Waals surface area contributed by atoms with Gasteiger partial charge in [-0.05, 0) is 18.6 Å². The third-order valence-electron chi connectivity index (χ3n) is 3.00. The SMILES string of the molecule is Cc1ccc(C(=N)N)cc1OCCc1nccn1C. The minimum Gasteiger partial charge on any atom is -0.493 e. The van der Waals surface area contributed by atoms with Crippen molar-refractivity contribution < 1.29 is 4.74 Å². The monoisotopic (exact) mass is 258 g/mol. The van der Waals surface area contributed by atoms with E-state index in [2.05, 4.69) is 4.98 Å². The molecule has 0 saturated carbocycles. The predicted molar refractivity (Wildman–Crippen MR) is 74.6 cm³/mol. The highest BCUT2D eigenvalue weighted by Gasteiger charge is 2.05. The fraction of sp³-hybridized carbons (Fsp3) is 0.286. The number of hydrogen-bond donors (Lipinski definition) is 2. The van der Waals surface area contributed by atoms with Crippen LogP contribution in [0.3, 0.4) is 0 Å². The lowest BCUT2D eigenvalue weighted by Crippen LogP contribution is -2.12. The number of ether oxygens (including phenoxy) is 1. The summed E-state index contributed by atoms with van der Waals surface area (Å²) in [7, 11) is 1.96. The Bertz CT molecular complexity index is 589.